The highest BCUT2D eigenvalue weighted by Gasteiger charge is 2.32. The van der Waals surface area contributed by atoms with Crippen LogP contribution >= 0.6 is 24.0 Å². The van der Waals surface area contributed by atoms with Crippen molar-refractivity contribution < 1.29 is 9.47 Å². The Bertz CT molecular complexity index is 693. The second-order valence-electron chi connectivity index (χ2n) is 9.01. The summed E-state index contributed by atoms with van der Waals surface area (Å²) >= 11 is 0. The van der Waals surface area contributed by atoms with Crippen LogP contribution in [0.3, 0.4) is 0 Å². The molecule has 2 atom stereocenters. The van der Waals surface area contributed by atoms with Gasteiger partial charge in [0, 0.05) is 64.7 Å². The first-order chi connectivity index (χ1) is 15.8. The molecule has 1 aromatic rings. The number of nitrogens with zero attached hydrogens (tertiary/aromatic N) is 4. The van der Waals surface area contributed by atoms with E-state index in [1.807, 2.05) is 0 Å². The molecule has 2 unspecified atom stereocenters. The number of anilines is 1. The lowest BCUT2D eigenvalue weighted by atomic mass is 10.1. The molecule has 3 fully saturated rings. The number of morpholine rings is 1. The third-order valence-electron chi connectivity index (χ3n) is 6.75. The highest BCUT2D eigenvalue weighted by atomic mass is 127. The van der Waals surface area contributed by atoms with E-state index in [1.165, 1.54) is 18.7 Å². The Morgan fingerprint density at radius 2 is 1.79 bits per heavy atom. The van der Waals surface area contributed by atoms with Gasteiger partial charge in [-0.2, -0.15) is 0 Å². The molecule has 0 bridgehead atoms. The van der Waals surface area contributed by atoms with E-state index in [9.17, 15) is 0 Å². The van der Waals surface area contributed by atoms with Crippen LogP contribution in [-0.2, 0) is 9.47 Å². The number of halogens is 1. The number of para-hydroxylation sites is 1. The molecule has 0 aliphatic carbocycles. The average Bonchev–Trinajstić information content (AvgIpc) is 3.39. The van der Waals surface area contributed by atoms with Crippen LogP contribution < -0.4 is 10.2 Å². The summed E-state index contributed by atoms with van der Waals surface area (Å²) in [6.45, 7) is 13.0. The number of piperazine rings is 1. The Labute approximate surface area is 216 Å². The molecule has 3 heterocycles. The fourth-order valence-electron chi connectivity index (χ4n) is 4.91. The van der Waals surface area contributed by atoms with E-state index >= 15 is 0 Å². The molecule has 186 valence electrons. The highest BCUT2D eigenvalue weighted by Crippen LogP contribution is 2.21. The first-order valence-electron chi connectivity index (χ1n) is 12.6. The first-order valence-corrected chi connectivity index (χ1v) is 12.6. The minimum absolute atomic E-state index is 0. The van der Waals surface area contributed by atoms with Gasteiger partial charge < -0.3 is 24.6 Å². The van der Waals surface area contributed by atoms with E-state index in [4.69, 9.17) is 14.5 Å². The van der Waals surface area contributed by atoms with Crippen LogP contribution in [0.5, 0.6) is 0 Å². The molecule has 0 spiro atoms. The van der Waals surface area contributed by atoms with Crippen molar-refractivity contribution in [3.63, 3.8) is 0 Å². The van der Waals surface area contributed by atoms with Gasteiger partial charge in [-0.05, 0) is 51.3 Å². The van der Waals surface area contributed by atoms with Crippen molar-refractivity contribution >= 4 is 35.6 Å². The predicted molar refractivity (Wildman–Crippen MR) is 146 cm³/mol. The summed E-state index contributed by atoms with van der Waals surface area (Å²) in [6, 6.07) is 10.8. The summed E-state index contributed by atoms with van der Waals surface area (Å²) in [5.41, 5.74) is 1.35. The monoisotopic (exact) mass is 571 g/mol. The Hall–Kier alpha value is -1.10. The summed E-state index contributed by atoms with van der Waals surface area (Å²) in [6.07, 6.45) is 5.03. The summed E-state index contributed by atoms with van der Waals surface area (Å²) < 4.78 is 11.9. The van der Waals surface area contributed by atoms with Gasteiger partial charge in [0.25, 0.3) is 0 Å². The Balaban J connectivity index is 0.00000306. The summed E-state index contributed by atoms with van der Waals surface area (Å²) in [4.78, 5) is 12.4. The molecule has 3 aliphatic heterocycles. The molecule has 0 saturated carbocycles. The van der Waals surface area contributed by atoms with E-state index in [1.54, 1.807) is 0 Å². The maximum absolute atomic E-state index is 6.01. The zero-order chi connectivity index (χ0) is 22.0. The van der Waals surface area contributed by atoms with Gasteiger partial charge in [0.15, 0.2) is 5.96 Å². The van der Waals surface area contributed by atoms with Crippen LogP contribution in [0.1, 0.15) is 32.6 Å². The maximum Gasteiger partial charge on any atom is 0.194 e. The molecular formula is C25H42IN5O2. The molecule has 33 heavy (non-hydrogen) atoms. The number of hydrogen-bond donors (Lipinski definition) is 1. The minimum atomic E-state index is 0. The van der Waals surface area contributed by atoms with Gasteiger partial charge in [0.2, 0.25) is 0 Å². The number of unbranched alkanes of at least 4 members (excludes halogenated alkanes) is 1. The Kier molecular flexibility index (Phi) is 11.5. The number of aliphatic imine (C=N–C) groups is 1. The number of rotatable bonds is 8. The van der Waals surface area contributed by atoms with Crippen LogP contribution in [0.25, 0.3) is 0 Å². The fraction of sp³-hybridized carbons (Fsp3) is 0.720. The highest BCUT2D eigenvalue weighted by molar-refractivity contribution is 14.0. The molecule has 3 aliphatic rings. The zero-order valence-electron chi connectivity index (χ0n) is 20.2. The van der Waals surface area contributed by atoms with Crippen molar-refractivity contribution in [1.82, 2.24) is 15.1 Å². The summed E-state index contributed by atoms with van der Waals surface area (Å²) in [5, 5.41) is 3.49. The number of hydrogen-bond acceptors (Lipinski definition) is 5. The lowest BCUT2D eigenvalue weighted by Crippen LogP contribution is -2.53. The van der Waals surface area contributed by atoms with Gasteiger partial charge in [0.05, 0.1) is 12.7 Å². The Morgan fingerprint density at radius 3 is 2.52 bits per heavy atom. The maximum atomic E-state index is 6.01. The van der Waals surface area contributed by atoms with Gasteiger partial charge in [-0.1, -0.05) is 18.2 Å². The van der Waals surface area contributed by atoms with Crippen molar-refractivity contribution in [1.29, 1.82) is 0 Å². The quantitative estimate of drug-likeness (QED) is 0.224. The average molecular weight is 572 g/mol. The van der Waals surface area contributed by atoms with Crippen LogP contribution in [0.2, 0.25) is 0 Å². The standard InChI is InChI=1S/C25H41N5O2.HI/c1-2-26-25(30-18-20-32-24(21-30)23-11-8-19-31-23)27-12-6-7-13-28-14-16-29(17-15-28)22-9-4-3-5-10-22;/h3-5,9-10,23-24H,2,6-8,11-21H2,1H3,(H,26,27);1H. The van der Waals surface area contributed by atoms with Crippen molar-refractivity contribution in [2.75, 3.05) is 77.0 Å². The van der Waals surface area contributed by atoms with Gasteiger partial charge in [0.1, 0.15) is 6.10 Å². The lowest BCUT2D eigenvalue weighted by molar-refractivity contribution is -0.0817. The summed E-state index contributed by atoms with van der Waals surface area (Å²) in [5.74, 6) is 1.04. The third kappa shape index (κ3) is 7.97. The van der Waals surface area contributed by atoms with Crippen LogP contribution in [0.15, 0.2) is 35.3 Å². The zero-order valence-corrected chi connectivity index (χ0v) is 22.5. The van der Waals surface area contributed by atoms with Crippen molar-refractivity contribution in [3.8, 4) is 0 Å². The number of benzene rings is 1. The van der Waals surface area contributed by atoms with E-state index in [2.05, 4.69) is 57.3 Å². The molecule has 7 nitrogen and oxygen atoms in total. The van der Waals surface area contributed by atoms with E-state index < -0.39 is 0 Å². The van der Waals surface area contributed by atoms with Crippen molar-refractivity contribution in [2.45, 2.75) is 44.8 Å². The lowest BCUT2D eigenvalue weighted by Gasteiger charge is -2.37. The van der Waals surface area contributed by atoms with Crippen LogP contribution in [0.4, 0.5) is 5.69 Å². The number of ether oxygens (including phenoxy) is 2. The second-order valence-corrected chi connectivity index (χ2v) is 9.01. The largest absolute Gasteiger partial charge is 0.375 e. The third-order valence-corrected chi connectivity index (χ3v) is 6.75. The predicted octanol–water partition coefficient (Wildman–Crippen LogP) is 3.05. The minimum Gasteiger partial charge on any atom is -0.375 e. The molecular weight excluding hydrogens is 529 g/mol. The van der Waals surface area contributed by atoms with E-state index in [-0.39, 0.29) is 36.2 Å². The van der Waals surface area contributed by atoms with Gasteiger partial charge in [-0.3, -0.25) is 9.89 Å². The van der Waals surface area contributed by atoms with Crippen molar-refractivity contribution in [3.05, 3.63) is 30.3 Å². The smallest absolute Gasteiger partial charge is 0.194 e. The van der Waals surface area contributed by atoms with Gasteiger partial charge in [-0.15, -0.1) is 24.0 Å². The molecule has 4 rings (SSSR count). The SMILES string of the molecule is CCNC(=NCCCCN1CCN(c2ccccc2)CC1)N1CCOC(C2CCCO2)C1.I. The molecule has 1 aromatic carbocycles. The van der Waals surface area contributed by atoms with Crippen molar-refractivity contribution in [2.24, 2.45) is 4.99 Å². The molecule has 0 radical (unpaired) electrons. The number of nitrogens with one attached hydrogen (secondary N) is 1. The topological polar surface area (TPSA) is 52.6 Å². The molecule has 0 aromatic heterocycles. The Morgan fingerprint density at radius 1 is 1.00 bits per heavy atom. The molecule has 0 amide bonds. The normalized spacial score (nSPS) is 24.6. The summed E-state index contributed by atoms with van der Waals surface area (Å²) in [7, 11) is 0. The first kappa shape index (κ1) is 26.5. The van der Waals surface area contributed by atoms with Crippen LogP contribution in [0, 0.1) is 0 Å². The fourth-order valence-corrected chi connectivity index (χ4v) is 4.91. The van der Waals surface area contributed by atoms with Gasteiger partial charge in [-0.25, -0.2) is 0 Å². The van der Waals surface area contributed by atoms with Gasteiger partial charge >= 0.3 is 0 Å². The van der Waals surface area contributed by atoms with E-state index in [0.29, 0.717) is 0 Å². The molecule has 1 N–H and O–H groups in total. The molecule has 8 heteroatoms. The van der Waals surface area contributed by atoms with E-state index in [0.717, 1.165) is 90.8 Å². The second kappa shape index (κ2) is 14.3. The molecule has 3 saturated heterocycles. The van der Waals surface area contributed by atoms with Crippen LogP contribution in [-0.4, -0.2) is 100 Å². The number of guanidine groups is 1.